The van der Waals surface area contributed by atoms with Crippen LogP contribution in [-0.2, 0) is 0 Å². The number of nitrogens with two attached hydrogens (primary N) is 5. The lowest BCUT2D eigenvalue weighted by atomic mass is 10.6. The summed E-state index contributed by atoms with van der Waals surface area (Å²) < 4.78 is 0. The number of carbonyl (C=O) groups is 2. The molecule has 0 unspecified atom stereocenters. The Morgan fingerprint density at radius 3 is 1.66 bits per heavy atom. The SMILES string of the molecule is N#CN=C(N)NCN=C(N)NC#N.N#CNC(N)=NCN1CNC(=O)NC1.N#CNC(N)=NCNC(N)=O. The van der Waals surface area contributed by atoms with Crippen LogP contribution in [0.5, 0.6) is 0 Å². The van der Waals surface area contributed by atoms with Gasteiger partial charge in [-0.15, -0.1) is 4.99 Å². The molecule has 1 aliphatic rings. The van der Waals surface area contributed by atoms with Crippen molar-refractivity contribution in [1.82, 2.24) is 42.1 Å². The fourth-order valence-corrected chi connectivity index (χ4v) is 1.55. The molecule has 1 fully saturated rings. The first kappa shape index (κ1) is 33.7. The lowest BCUT2D eigenvalue weighted by molar-refractivity contribution is 0.185. The lowest BCUT2D eigenvalue weighted by Crippen LogP contribution is -2.54. The number of nitriles is 4. The van der Waals surface area contributed by atoms with Gasteiger partial charge in [-0.1, -0.05) is 0 Å². The Morgan fingerprint density at radius 1 is 0.789 bits per heavy atom. The monoisotopic (exact) mass is 533 g/mol. The molecule has 0 bridgehead atoms. The molecule has 17 N–H and O–H groups in total. The summed E-state index contributed by atoms with van der Waals surface area (Å²) in [5.41, 5.74) is 25.5. The largest absolute Gasteiger partial charge is 0.369 e. The minimum Gasteiger partial charge on any atom is -0.369 e. The van der Waals surface area contributed by atoms with E-state index in [1.165, 1.54) is 6.19 Å². The van der Waals surface area contributed by atoms with Gasteiger partial charge in [-0.25, -0.2) is 29.5 Å². The normalized spacial score (nSPS) is 13.3. The number of hydrogen-bond acceptors (Lipinski definition) is 11. The smallest absolute Gasteiger partial charge is 0.316 e. The van der Waals surface area contributed by atoms with E-state index in [1.54, 1.807) is 23.5 Å². The van der Waals surface area contributed by atoms with Crippen LogP contribution in [0.2, 0.25) is 0 Å². The third-order valence-corrected chi connectivity index (χ3v) is 3.10. The number of nitrogens with one attached hydrogen (secondary N) is 7. The van der Waals surface area contributed by atoms with E-state index in [2.05, 4.69) is 57.2 Å². The van der Waals surface area contributed by atoms with Crippen LogP contribution in [0.1, 0.15) is 0 Å². The summed E-state index contributed by atoms with van der Waals surface area (Å²) in [6.07, 6.45) is 6.28. The van der Waals surface area contributed by atoms with Gasteiger partial charge in [-0.05, 0) is 0 Å². The molecular weight excluding hydrogens is 506 g/mol. The van der Waals surface area contributed by atoms with Gasteiger partial charge in [0.2, 0.25) is 30.0 Å². The Balaban J connectivity index is 0. The van der Waals surface area contributed by atoms with Crippen LogP contribution in [0.15, 0.2) is 20.0 Å². The number of hydrogen-bond donors (Lipinski definition) is 12. The summed E-state index contributed by atoms with van der Waals surface area (Å²) in [4.78, 5) is 36.7. The fourth-order valence-electron chi connectivity index (χ4n) is 1.55. The summed E-state index contributed by atoms with van der Waals surface area (Å²) in [5, 5.41) is 48.5. The molecule has 1 rings (SSSR count). The highest BCUT2D eigenvalue weighted by Crippen LogP contribution is 1.88. The zero-order valence-corrected chi connectivity index (χ0v) is 19.8. The molecule has 1 heterocycles. The number of nitrogens with zero attached hydrogens (tertiary/aromatic N) is 9. The number of urea groups is 2. The van der Waals surface area contributed by atoms with Gasteiger partial charge < -0.3 is 49.9 Å². The maximum Gasteiger partial charge on any atom is 0.316 e. The van der Waals surface area contributed by atoms with E-state index < -0.39 is 6.03 Å². The van der Waals surface area contributed by atoms with Crippen LogP contribution in [0, 0.1) is 45.8 Å². The maximum absolute atomic E-state index is 10.7. The third kappa shape index (κ3) is 22.7. The van der Waals surface area contributed by atoms with Crippen LogP contribution < -0.4 is 65.9 Å². The van der Waals surface area contributed by atoms with Crippen molar-refractivity contribution in [3.8, 4) is 24.8 Å². The number of rotatable bonds is 6. The lowest BCUT2D eigenvalue weighted by Gasteiger charge is -2.25. The Morgan fingerprint density at radius 2 is 1.24 bits per heavy atom. The average Bonchev–Trinajstić information content (AvgIpc) is 2.85. The van der Waals surface area contributed by atoms with Crippen LogP contribution in [0.3, 0.4) is 0 Å². The minimum absolute atomic E-state index is 0.0392. The highest BCUT2D eigenvalue weighted by atomic mass is 16.2. The highest BCUT2D eigenvalue weighted by molar-refractivity contribution is 5.81. The molecule has 1 aliphatic heterocycles. The summed E-state index contributed by atoms with van der Waals surface area (Å²) in [6, 6.07) is -0.896. The molecule has 0 aromatic carbocycles. The van der Waals surface area contributed by atoms with Crippen molar-refractivity contribution in [3.63, 3.8) is 0 Å². The molecule has 1 saturated heterocycles. The Kier molecular flexibility index (Phi) is 19.8. The molecule has 0 radical (unpaired) electrons. The van der Waals surface area contributed by atoms with Gasteiger partial charge in [0, 0.05) is 0 Å². The van der Waals surface area contributed by atoms with E-state index >= 15 is 0 Å². The zero-order valence-electron chi connectivity index (χ0n) is 19.8. The fraction of sp³-hybridized carbons (Fsp3) is 0.333. The predicted molar refractivity (Wildman–Crippen MR) is 132 cm³/mol. The standard InChI is InChI=1S/C6H11N7O.C5H8N8.C4H8N6O/c7-1-9-5(8)10-2-13-3-11-6(14)12-4-13;6-1-10-4(8)12-3-13-5(9)11-2-7;5-1-8-3(6)9-2-10-4(7)11/h2-4H2,(H3,8,9,10)(H2,11,12,14);3H2,(H3,8,10,12)(H3,9,11,13);2H2,(H3,6,8,9)(H3,7,10,11). The maximum atomic E-state index is 10.7. The van der Waals surface area contributed by atoms with Crippen molar-refractivity contribution in [3.05, 3.63) is 0 Å². The molecule has 0 saturated carbocycles. The van der Waals surface area contributed by atoms with E-state index in [9.17, 15) is 9.59 Å². The molecule has 0 aromatic heterocycles. The van der Waals surface area contributed by atoms with Crippen LogP contribution in [-0.4, -0.2) is 74.1 Å². The van der Waals surface area contributed by atoms with Crippen molar-refractivity contribution in [1.29, 1.82) is 21.0 Å². The topological polar surface area (TPSA) is 396 Å². The molecular formula is C15H27N21O2. The van der Waals surface area contributed by atoms with E-state index in [0.717, 1.165) is 0 Å². The molecule has 4 amide bonds. The minimum atomic E-state index is -0.696. The molecule has 0 atom stereocenters. The van der Waals surface area contributed by atoms with E-state index in [1.807, 2.05) is 0 Å². The number of guanidine groups is 4. The first-order chi connectivity index (χ1) is 18.1. The summed E-state index contributed by atoms with van der Waals surface area (Å²) in [6.45, 7) is 1.13. The van der Waals surface area contributed by atoms with Crippen molar-refractivity contribution >= 4 is 35.9 Å². The molecule has 0 aromatic rings. The Bertz CT molecular complexity index is 1020. The number of aliphatic imine (C=N–C) groups is 4. The molecule has 0 spiro atoms. The molecule has 0 aliphatic carbocycles. The van der Waals surface area contributed by atoms with E-state index in [4.69, 9.17) is 49.7 Å². The number of amides is 4. The summed E-state index contributed by atoms with van der Waals surface area (Å²) in [5.74, 6) is -0.110. The van der Waals surface area contributed by atoms with Crippen molar-refractivity contribution in [2.45, 2.75) is 0 Å². The third-order valence-electron chi connectivity index (χ3n) is 3.10. The van der Waals surface area contributed by atoms with Crippen molar-refractivity contribution < 1.29 is 9.59 Å². The highest BCUT2D eigenvalue weighted by Gasteiger charge is 2.12. The second-order valence-corrected chi connectivity index (χ2v) is 5.78. The van der Waals surface area contributed by atoms with Gasteiger partial charge in [0.15, 0.2) is 18.6 Å². The Labute approximate surface area is 216 Å². The van der Waals surface area contributed by atoms with Gasteiger partial charge in [-0.2, -0.15) is 21.0 Å². The van der Waals surface area contributed by atoms with Crippen LogP contribution >= 0.6 is 0 Å². The first-order valence-electron chi connectivity index (χ1n) is 9.68. The second kappa shape index (κ2) is 22.3. The predicted octanol–water partition coefficient (Wildman–Crippen LogP) is -6.43. The molecule has 23 nitrogen and oxygen atoms in total. The van der Waals surface area contributed by atoms with Crippen LogP contribution in [0.4, 0.5) is 9.59 Å². The number of primary amides is 1. The van der Waals surface area contributed by atoms with E-state index in [-0.39, 0.29) is 43.2 Å². The molecule has 204 valence electrons. The first-order valence-corrected chi connectivity index (χ1v) is 9.68. The van der Waals surface area contributed by atoms with Gasteiger partial charge in [0.25, 0.3) is 0 Å². The summed E-state index contributed by atoms with van der Waals surface area (Å²) in [7, 11) is 0. The second-order valence-electron chi connectivity index (χ2n) is 5.78. The average molecular weight is 534 g/mol. The number of carbonyl (C=O) groups excluding carboxylic acids is 2. The zero-order chi connectivity index (χ0) is 29.2. The van der Waals surface area contributed by atoms with Gasteiger partial charge in [0.1, 0.15) is 13.3 Å². The van der Waals surface area contributed by atoms with Gasteiger partial charge in [0.05, 0.1) is 20.0 Å². The van der Waals surface area contributed by atoms with Gasteiger partial charge in [-0.3, -0.25) is 16.0 Å². The summed E-state index contributed by atoms with van der Waals surface area (Å²) >= 11 is 0. The Hall–Kier alpha value is -6.46. The van der Waals surface area contributed by atoms with Crippen molar-refractivity contribution in [2.24, 2.45) is 48.6 Å². The molecule has 38 heavy (non-hydrogen) atoms. The quantitative estimate of drug-likeness (QED) is 0.0653. The van der Waals surface area contributed by atoms with Gasteiger partial charge >= 0.3 is 12.1 Å². The van der Waals surface area contributed by atoms with Crippen molar-refractivity contribution in [2.75, 3.05) is 33.3 Å². The molecule has 23 heteroatoms. The van der Waals surface area contributed by atoms with E-state index in [0.29, 0.717) is 20.0 Å². The van der Waals surface area contributed by atoms with Crippen LogP contribution in [0.25, 0.3) is 0 Å².